The van der Waals surface area contributed by atoms with Crippen LogP contribution < -0.4 is 4.90 Å². The predicted molar refractivity (Wildman–Crippen MR) is 127 cm³/mol. The van der Waals surface area contributed by atoms with Crippen LogP contribution in [-0.4, -0.2) is 92.6 Å². The lowest BCUT2D eigenvalue weighted by Gasteiger charge is -2.34. The van der Waals surface area contributed by atoms with E-state index < -0.39 is 12.3 Å². The minimum absolute atomic E-state index is 0.0553. The first-order chi connectivity index (χ1) is 16.8. The molecule has 5 rings (SSSR count). The summed E-state index contributed by atoms with van der Waals surface area (Å²) in [6.07, 6.45) is -0.439. The summed E-state index contributed by atoms with van der Waals surface area (Å²) in [5.74, 6) is 1.53. The number of anilines is 1. The molecular formula is C24H29FN6O4. The van der Waals surface area contributed by atoms with Crippen molar-refractivity contribution >= 4 is 22.8 Å². The Morgan fingerprint density at radius 3 is 2.71 bits per heavy atom. The number of carbonyl (C=O) groups is 1. The van der Waals surface area contributed by atoms with Crippen LogP contribution in [0.2, 0.25) is 0 Å². The van der Waals surface area contributed by atoms with Crippen molar-refractivity contribution < 1.29 is 24.1 Å². The number of aromatic nitrogens is 4. The number of amides is 1. The standard InChI is InChI=1S/C24H29FN6O4/c1-14-7-16-10-26-31(21(16)8-19(14)18-3-4-30(24(33)34)12-20(18)25)23-9-22(27-15(2)28-23)29-5-6-35-17(11-29)13-32/h7-10,17-18,20,32H,3-6,11-13H2,1-2H3,(H,33,34)/t17-,18?,20?/m1/s1. The van der Waals surface area contributed by atoms with Gasteiger partial charge in [-0.2, -0.15) is 5.10 Å². The number of hydrogen-bond acceptors (Lipinski definition) is 7. The molecule has 2 aliphatic heterocycles. The summed E-state index contributed by atoms with van der Waals surface area (Å²) in [4.78, 5) is 23.7. The van der Waals surface area contributed by atoms with Crippen molar-refractivity contribution in [3.05, 3.63) is 41.3 Å². The molecule has 0 saturated carbocycles. The molecule has 1 amide bonds. The molecule has 2 aliphatic rings. The first-order valence-corrected chi connectivity index (χ1v) is 11.8. The minimum Gasteiger partial charge on any atom is -0.465 e. The number of carboxylic acid groups (broad SMARTS) is 1. The van der Waals surface area contributed by atoms with Crippen molar-refractivity contribution in [2.24, 2.45) is 0 Å². The molecule has 0 spiro atoms. The second-order valence-electron chi connectivity index (χ2n) is 9.22. The van der Waals surface area contributed by atoms with Crippen LogP contribution in [0.4, 0.5) is 15.0 Å². The number of morpholine rings is 1. The second kappa shape index (κ2) is 9.38. The van der Waals surface area contributed by atoms with Gasteiger partial charge in [-0.15, -0.1) is 0 Å². The molecule has 2 N–H and O–H groups in total. The Bertz CT molecular complexity index is 1250. The van der Waals surface area contributed by atoms with Gasteiger partial charge in [-0.05, 0) is 43.5 Å². The summed E-state index contributed by atoms with van der Waals surface area (Å²) >= 11 is 0. The number of likely N-dealkylation sites (tertiary alicyclic amines) is 1. The summed E-state index contributed by atoms with van der Waals surface area (Å²) in [6.45, 7) is 5.58. The van der Waals surface area contributed by atoms with Gasteiger partial charge in [0, 0.05) is 37.0 Å². The van der Waals surface area contributed by atoms with E-state index in [1.807, 2.05) is 32.0 Å². The van der Waals surface area contributed by atoms with Gasteiger partial charge in [-0.25, -0.2) is 23.8 Å². The number of aliphatic hydroxyl groups excluding tert-OH is 1. The van der Waals surface area contributed by atoms with Crippen LogP contribution in [0.15, 0.2) is 24.4 Å². The Balaban J connectivity index is 1.50. The van der Waals surface area contributed by atoms with E-state index in [0.717, 1.165) is 32.7 Å². The topological polar surface area (TPSA) is 117 Å². The Morgan fingerprint density at radius 2 is 1.97 bits per heavy atom. The van der Waals surface area contributed by atoms with Gasteiger partial charge < -0.3 is 24.7 Å². The number of aliphatic hydroxyl groups is 1. The van der Waals surface area contributed by atoms with Gasteiger partial charge in [0.15, 0.2) is 5.82 Å². The molecule has 1 aromatic carbocycles. The van der Waals surface area contributed by atoms with Crippen LogP contribution in [0.3, 0.4) is 0 Å². The van der Waals surface area contributed by atoms with Crippen molar-refractivity contribution in [2.45, 2.75) is 38.5 Å². The zero-order chi connectivity index (χ0) is 24.7. The van der Waals surface area contributed by atoms with E-state index in [0.29, 0.717) is 44.3 Å². The fourth-order valence-electron chi connectivity index (χ4n) is 5.06. The molecule has 10 nitrogen and oxygen atoms in total. The zero-order valence-corrected chi connectivity index (χ0v) is 19.8. The highest BCUT2D eigenvalue weighted by molar-refractivity contribution is 5.82. The number of alkyl halides is 1. The molecule has 0 bridgehead atoms. The van der Waals surface area contributed by atoms with E-state index in [2.05, 4.69) is 20.0 Å². The fourth-order valence-corrected chi connectivity index (χ4v) is 5.06. The van der Waals surface area contributed by atoms with E-state index in [1.54, 1.807) is 10.9 Å². The molecule has 186 valence electrons. The smallest absolute Gasteiger partial charge is 0.407 e. The predicted octanol–water partition coefficient (Wildman–Crippen LogP) is 2.44. The first-order valence-electron chi connectivity index (χ1n) is 11.8. The number of benzene rings is 1. The highest BCUT2D eigenvalue weighted by Crippen LogP contribution is 2.35. The van der Waals surface area contributed by atoms with E-state index in [1.165, 1.54) is 0 Å². The normalized spacial score (nSPS) is 23.1. The van der Waals surface area contributed by atoms with Crippen LogP contribution in [0.25, 0.3) is 16.7 Å². The summed E-state index contributed by atoms with van der Waals surface area (Å²) in [5.41, 5.74) is 2.62. The zero-order valence-electron chi connectivity index (χ0n) is 19.8. The number of fused-ring (bicyclic) bond motifs is 1. The quantitative estimate of drug-likeness (QED) is 0.580. The number of rotatable bonds is 4. The second-order valence-corrected chi connectivity index (χ2v) is 9.22. The number of aryl methyl sites for hydroxylation is 2. The number of halogens is 1. The monoisotopic (exact) mass is 484 g/mol. The van der Waals surface area contributed by atoms with Gasteiger partial charge in [0.1, 0.15) is 17.8 Å². The largest absolute Gasteiger partial charge is 0.465 e. The van der Waals surface area contributed by atoms with Gasteiger partial charge in [-0.1, -0.05) is 0 Å². The van der Waals surface area contributed by atoms with Crippen molar-refractivity contribution in [3.63, 3.8) is 0 Å². The molecule has 2 unspecified atom stereocenters. The molecular weight excluding hydrogens is 455 g/mol. The maximum absolute atomic E-state index is 15.1. The van der Waals surface area contributed by atoms with Crippen LogP contribution in [-0.2, 0) is 4.74 Å². The molecule has 4 heterocycles. The maximum Gasteiger partial charge on any atom is 0.407 e. The lowest BCUT2D eigenvalue weighted by Crippen LogP contribution is -2.44. The van der Waals surface area contributed by atoms with Crippen molar-refractivity contribution in [1.29, 1.82) is 0 Å². The Hall–Kier alpha value is -3.31. The third-order valence-corrected chi connectivity index (χ3v) is 6.86. The molecule has 2 fully saturated rings. The molecule has 11 heteroatoms. The summed E-state index contributed by atoms with van der Waals surface area (Å²) in [7, 11) is 0. The lowest BCUT2D eigenvalue weighted by molar-refractivity contribution is 0.00335. The van der Waals surface area contributed by atoms with Crippen LogP contribution in [0.1, 0.15) is 29.3 Å². The average Bonchev–Trinajstić information content (AvgIpc) is 3.25. The van der Waals surface area contributed by atoms with Crippen LogP contribution >= 0.6 is 0 Å². The highest BCUT2D eigenvalue weighted by Gasteiger charge is 2.33. The SMILES string of the molecule is Cc1nc(N2CCO[C@@H](CO)C2)cc(-n2ncc3cc(C)c(C4CCN(C(=O)O)CC4F)cc32)n1. The first kappa shape index (κ1) is 23.4. The van der Waals surface area contributed by atoms with Gasteiger partial charge in [-0.3, -0.25) is 0 Å². The summed E-state index contributed by atoms with van der Waals surface area (Å²) < 4.78 is 22.4. The molecule has 2 saturated heterocycles. The van der Waals surface area contributed by atoms with Gasteiger partial charge in [0.05, 0.1) is 37.6 Å². The van der Waals surface area contributed by atoms with Crippen molar-refractivity contribution in [1.82, 2.24) is 24.6 Å². The van der Waals surface area contributed by atoms with E-state index >= 15 is 4.39 Å². The molecule has 3 atom stereocenters. The van der Waals surface area contributed by atoms with Crippen LogP contribution in [0, 0.1) is 13.8 Å². The van der Waals surface area contributed by atoms with E-state index in [-0.39, 0.29) is 25.2 Å². The molecule has 0 radical (unpaired) electrons. The molecule has 3 aromatic rings. The lowest BCUT2D eigenvalue weighted by atomic mass is 9.85. The Labute approximate surface area is 201 Å². The van der Waals surface area contributed by atoms with Crippen molar-refractivity contribution in [2.75, 3.05) is 44.3 Å². The molecule has 35 heavy (non-hydrogen) atoms. The maximum atomic E-state index is 15.1. The Kier molecular flexibility index (Phi) is 6.28. The fraction of sp³-hybridized carbons (Fsp3) is 0.500. The number of ether oxygens (including phenoxy) is 1. The summed E-state index contributed by atoms with van der Waals surface area (Å²) in [5, 5.41) is 24.2. The van der Waals surface area contributed by atoms with Gasteiger partial charge >= 0.3 is 6.09 Å². The van der Waals surface area contributed by atoms with E-state index in [9.17, 15) is 15.0 Å². The average molecular weight is 485 g/mol. The number of nitrogens with zero attached hydrogens (tertiary/aromatic N) is 6. The number of hydrogen-bond donors (Lipinski definition) is 2. The minimum atomic E-state index is -1.28. The third-order valence-electron chi connectivity index (χ3n) is 6.86. The summed E-state index contributed by atoms with van der Waals surface area (Å²) in [6, 6.07) is 5.81. The van der Waals surface area contributed by atoms with Gasteiger partial charge in [0.2, 0.25) is 0 Å². The van der Waals surface area contributed by atoms with Crippen LogP contribution in [0.5, 0.6) is 0 Å². The molecule has 0 aliphatic carbocycles. The Morgan fingerprint density at radius 1 is 1.17 bits per heavy atom. The van der Waals surface area contributed by atoms with Gasteiger partial charge in [0.25, 0.3) is 0 Å². The highest BCUT2D eigenvalue weighted by atomic mass is 19.1. The molecule has 2 aromatic heterocycles. The van der Waals surface area contributed by atoms with E-state index in [4.69, 9.17) is 4.74 Å². The van der Waals surface area contributed by atoms with Crippen molar-refractivity contribution in [3.8, 4) is 5.82 Å². The third kappa shape index (κ3) is 4.53. The number of piperidine rings is 1.